The average molecular weight is 464 g/mol. The van der Waals surface area contributed by atoms with Crippen molar-refractivity contribution in [2.45, 2.75) is 46.1 Å². The molecule has 35 heavy (non-hydrogen) atoms. The maximum atomic E-state index is 14.1. The third-order valence-corrected chi connectivity index (χ3v) is 9.63. The Hall–Kier alpha value is -3.33. The normalized spacial score (nSPS) is 24.7. The molecule has 2 aliphatic rings. The minimum Gasteiger partial charge on any atom is -0.496 e. The first kappa shape index (κ1) is 22.2. The van der Waals surface area contributed by atoms with Crippen molar-refractivity contribution < 1.29 is 9.53 Å². The van der Waals surface area contributed by atoms with Gasteiger partial charge in [-0.3, -0.25) is 4.79 Å². The van der Waals surface area contributed by atoms with Gasteiger partial charge in [-0.05, 0) is 69.7 Å². The minimum absolute atomic E-state index is 0.00955. The fourth-order valence-electron chi connectivity index (χ4n) is 7.07. The van der Waals surface area contributed by atoms with Gasteiger partial charge in [-0.15, -0.1) is 0 Å². The number of benzene rings is 4. The molecule has 2 saturated carbocycles. The maximum Gasteiger partial charge on any atom is 0.252 e. The number of nitrogens with one attached hydrogen (secondary N) is 1. The lowest BCUT2D eigenvalue weighted by Gasteiger charge is -2.39. The largest absolute Gasteiger partial charge is 0.496 e. The van der Waals surface area contributed by atoms with Crippen molar-refractivity contribution in [3.63, 3.8) is 0 Å². The number of ether oxygens (including phenoxy) is 1. The van der Waals surface area contributed by atoms with E-state index >= 15 is 0 Å². The lowest BCUT2D eigenvalue weighted by atomic mass is 9.69. The summed E-state index contributed by atoms with van der Waals surface area (Å²) in [5.41, 5.74) is 3.01. The smallest absolute Gasteiger partial charge is 0.252 e. The van der Waals surface area contributed by atoms with E-state index in [1.807, 2.05) is 36.4 Å². The van der Waals surface area contributed by atoms with Gasteiger partial charge in [0.05, 0.1) is 7.11 Å². The van der Waals surface area contributed by atoms with Crippen molar-refractivity contribution in [2.24, 2.45) is 16.7 Å². The van der Waals surface area contributed by atoms with Crippen LogP contribution in [0.2, 0.25) is 0 Å². The van der Waals surface area contributed by atoms with Crippen molar-refractivity contribution in [3.05, 3.63) is 78.4 Å². The lowest BCUT2D eigenvalue weighted by Crippen LogP contribution is -2.47. The zero-order chi connectivity index (χ0) is 24.4. The van der Waals surface area contributed by atoms with E-state index in [1.54, 1.807) is 7.11 Å². The molecular weight excluding hydrogens is 430 g/mol. The second-order valence-electron chi connectivity index (χ2n) is 11.2. The highest BCUT2D eigenvalue weighted by Crippen LogP contribution is 2.65. The van der Waals surface area contributed by atoms with Gasteiger partial charge in [-0.25, -0.2) is 0 Å². The molecule has 0 unspecified atom stereocenters. The zero-order valence-corrected chi connectivity index (χ0v) is 21.0. The van der Waals surface area contributed by atoms with E-state index in [-0.39, 0.29) is 22.8 Å². The zero-order valence-electron chi connectivity index (χ0n) is 21.0. The maximum absolute atomic E-state index is 14.1. The molecule has 2 bridgehead atoms. The molecule has 0 saturated heterocycles. The monoisotopic (exact) mass is 463 g/mol. The van der Waals surface area contributed by atoms with Crippen molar-refractivity contribution in [3.8, 4) is 16.9 Å². The van der Waals surface area contributed by atoms with Crippen LogP contribution in [0.25, 0.3) is 32.7 Å². The molecule has 2 aliphatic carbocycles. The molecule has 178 valence electrons. The number of methoxy groups -OCH3 is 1. The number of hydrogen-bond donors (Lipinski definition) is 1. The van der Waals surface area contributed by atoms with Crippen molar-refractivity contribution in [2.75, 3.05) is 7.11 Å². The Bertz CT molecular complexity index is 1470. The van der Waals surface area contributed by atoms with Gasteiger partial charge >= 0.3 is 0 Å². The highest BCUT2D eigenvalue weighted by atomic mass is 16.5. The summed E-state index contributed by atoms with van der Waals surface area (Å²) in [6, 6.07) is 25.0. The van der Waals surface area contributed by atoms with Gasteiger partial charge in [0.25, 0.3) is 5.91 Å². The Morgan fingerprint density at radius 3 is 2.09 bits per heavy atom. The van der Waals surface area contributed by atoms with Gasteiger partial charge in [-0.1, -0.05) is 81.4 Å². The Morgan fingerprint density at radius 2 is 1.49 bits per heavy atom. The van der Waals surface area contributed by atoms with E-state index in [2.05, 4.69) is 62.5 Å². The predicted molar refractivity (Wildman–Crippen MR) is 144 cm³/mol. The van der Waals surface area contributed by atoms with Crippen LogP contribution in [0, 0.1) is 16.7 Å². The third kappa shape index (κ3) is 3.14. The number of hydrogen-bond acceptors (Lipinski definition) is 2. The summed E-state index contributed by atoms with van der Waals surface area (Å²) in [7, 11) is 1.71. The third-order valence-electron chi connectivity index (χ3n) is 9.63. The molecule has 1 amide bonds. The average Bonchev–Trinajstić information content (AvgIpc) is 3.21. The molecule has 3 atom stereocenters. The summed E-state index contributed by atoms with van der Waals surface area (Å²) in [5, 5.41) is 7.90. The van der Waals surface area contributed by atoms with Crippen molar-refractivity contribution in [1.29, 1.82) is 0 Å². The summed E-state index contributed by atoms with van der Waals surface area (Å²) < 4.78 is 5.88. The molecule has 0 aromatic heterocycles. The number of rotatable bonds is 4. The predicted octanol–water partition coefficient (Wildman–Crippen LogP) is 7.61. The second-order valence-corrected chi connectivity index (χ2v) is 11.2. The molecule has 2 fully saturated rings. The molecule has 4 aromatic carbocycles. The van der Waals surface area contributed by atoms with Gasteiger partial charge in [0.15, 0.2) is 0 Å². The SMILES string of the molecule is COc1ccc2ccccc2c1-c1c(C(=O)N[C@@H]2C[C@@H]3CC[C@@]2(C)C3(C)C)ccc2ccccc12. The van der Waals surface area contributed by atoms with E-state index in [0.717, 1.165) is 44.8 Å². The number of carbonyl (C=O) groups is 1. The van der Waals surface area contributed by atoms with E-state index in [9.17, 15) is 4.79 Å². The molecule has 6 rings (SSSR count). The summed E-state index contributed by atoms with van der Waals surface area (Å²) >= 11 is 0. The fourth-order valence-corrected chi connectivity index (χ4v) is 7.07. The summed E-state index contributed by atoms with van der Waals surface area (Å²) in [6.45, 7) is 7.15. The van der Waals surface area contributed by atoms with Gasteiger partial charge < -0.3 is 10.1 Å². The molecule has 4 aromatic rings. The van der Waals surface area contributed by atoms with Crippen LogP contribution in [0.3, 0.4) is 0 Å². The van der Waals surface area contributed by atoms with Gasteiger partial charge in [0.2, 0.25) is 0 Å². The highest BCUT2D eigenvalue weighted by Gasteiger charge is 2.61. The quantitative estimate of drug-likeness (QED) is 0.338. The molecule has 0 heterocycles. The van der Waals surface area contributed by atoms with Gasteiger partial charge in [-0.2, -0.15) is 0 Å². The van der Waals surface area contributed by atoms with Crippen LogP contribution >= 0.6 is 0 Å². The van der Waals surface area contributed by atoms with E-state index < -0.39 is 0 Å². The highest BCUT2D eigenvalue weighted by molar-refractivity contribution is 6.15. The van der Waals surface area contributed by atoms with Crippen LogP contribution < -0.4 is 10.1 Å². The van der Waals surface area contributed by atoms with Crippen LogP contribution in [-0.4, -0.2) is 19.1 Å². The van der Waals surface area contributed by atoms with E-state index in [1.165, 1.54) is 12.8 Å². The Kier molecular flexibility index (Phi) is 4.96. The van der Waals surface area contributed by atoms with Crippen LogP contribution in [0.15, 0.2) is 72.8 Å². The first-order valence-electron chi connectivity index (χ1n) is 12.7. The van der Waals surface area contributed by atoms with Gasteiger partial charge in [0.1, 0.15) is 5.75 Å². The van der Waals surface area contributed by atoms with Crippen LogP contribution in [0.1, 0.15) is 50.4 Å². The molecule has 0 spiro atoms. The number of carbonyl (C=O) groups excluding carboxylic acids is 1. The minimum atomic E-state index is 0.00955. The van der Waals surface area contributed by atoms with Crippen LogP contribution in [0.4, 0.5) is 0 Å². The molecular formula is C32H33NO2. The summed E-state index contributed by atoms with van der Waals surface area (Å²) in [6.07, 6.45) is 3.51. The van der Waals surface area contributed by atoms with E-state index in [4.69, 9.17) is 4.74 Å². The van der Waals surface area contributed by atoms with E-state index in [0.29, 0.717) is 11.5 Å². The van der Waals surface area contributed by atoms with Crippen LogP contribution in [0.5, 0.6) is 5.75 Å². The summed E-state index contributed by atoms with van der Waals surface area (Å²) in [5.74, 6) is 1.46. The van der Waals surface area contributed by atoms with Crippen molar-refractivity contribution in [1.82, 2.24) is 5.32 Å². The Balaban J connectivity index is 1.54. The standard InChI is InChI=1S/C32H33NO2/c1-31(2)22-17-18-32(31,3)27(19-22)33-30(34)25-15-13-20-9-5-7-11-23(20)28(25)29-24-12-8-6-10-21(24)14-16-26(29)35-4/h5-16,22,27H,17-19H2,1-4H3,(H,33,34)/t22-,27+,32+/m0/s1. The molecule has 1 N–H and O–H groups in total. The first-order valence-corrected chi connectivity index (χ1v) is 12.7. The number of amides is 1. The molecule has 3 nitrogen and oxygen atoms in total. The molecule has 3 heteroatoms. The topological polar surface area (TPSA) is 38.3 Å². The Labute approximate surface area is 207 Å². The fraction of sp³-hybridized carbons (Fsp3) is 0.344. The first-order chi connectivity index (χ1) is 16.8. The second kappa shape index (κ2) is 7.84. The van der Waals surface area contributed by atoms with Crippen LogP contribution in [-0.2, 0) is 0 Å². The van der Waals surface area contributed by atoms with Crippen molar-refractivity contribution >= 4 is 27.5 Å². The Morgan fingerprint density at radius 1 is 0.857 bits per heavy atom. The van der Waals surface area contributed by atoms with Gasteiger partial charge in [0, 0.05) is 22.7 Å². The summed E-state index contributed by atoms with van der Waals surface area (Å²) in [4.78, 5) is 14.1. The molecule has 0 radical (unpaired) electrons. The molecule has 0 aliphatic heterocycles. The lowest BCUT2D eigenvalue weighted by molar-refractivity contribution is 0.0827. The number of fused-ring (bicyclic) bond motifs is 4.